The van der Waals surface area contributed by atoms with Crippen LogP contribution in [0.4, 0.5) is 0 Å². The van der Waals surface area contributed by atoms with Gasteiger partial charge in [-0.3, -0.25) is 4.18 Å². The number of hydrogen-bond acceptors (Lipinski definition) is 6. The van der Waals surface area contributed by atoms with E-state index in [4.69, 9.17) is 13.7 Å². The topological polar surface area (TPSA) is 82.1 Å². The molecule has 1 fully saturated rings. The van der Waals surface area contributed by atoms with E-state index < -0.39 is 34.7 Å². The lowest BCUT2D eigenvalue weighted by Gasteiger charge is -2.37. The smallest absolute Gasteiger partial charge is 0.297 e. The predicted octanol–water partition coefficient (Wildman–Crippen LogP) is 2.78. The summed E-state index contributed by atoms with van der Waals surface area (Å²) in [6, 6.07) is 16.0. The van der Waals surface area contributed by atoms with Gasteiger partial charge in [0.25, 0.3) is 10.1 Å². The van der Waals surface area contributed by atoms with Crippen molar-refractivity contribution in [2.45, 2.75) is 56.4 Å². The molecule has 2 aromatic carbocycles. The highest BCUT2D eigenvalue weighted by Gasteiger charge is 2.40. The van der Waals surface area contributed by atoms with Crippen LogP contribution in [0, 0.1) is 6.92 Å². The lowest BCUT2D eigenvalue weighted by molar-refractivity contribution is -0.231. The Balaban J connectivity index is 1.75. The van der Waals surface area contributed by atoms with Gasteiger partial charge in [-0.1, -0.05) is 48.0 Å². The number of aliphatic hydroxyl groups is 1. The van der Waals surface area contributed by atoms with Gasteiger partial charge in [-0.25, -0.2) is 0 Å². The summed E-state index contributed by atoms with van der Waals surface area (Å²) in [5, 5.41) is 9.90. The Morgan fingerprint density at radius 3 is 2.44 bits per heavy atom. The fourth-order valence-corrected chi connectivity index (χ4v) is 4.16. The summed E-state index contributed by atoms with van der Waals surface area (Å²) in [7, 11) is -3.98. The highest BCUT2D eigenvalue weighted by Crippen LogP contribution is 2.28. The van der Waals surface area contributed by atoms with E-state index in [1.54, 1.807) is 19.1 Å². The molecule has 146 valence electrons. The van der Waals surface area contributed by atoms with Crippen molar-refractivity contribution in [3.8, 4) is 0 Å². The van der Waals surface area contributed by atoms with E-state index in [0.717, 1.165) is 11.1 Å². The SMILES string of the molecule is Cc1ccc(S(=O)(=O)O[C@H]2[C@H](C)O[C@@H](O)C[C@@H]2OCc2ccccc2)cc1. The zero-order valence-electron chi connectivity index (χ0n) is 15.3. The van der Waals surface area contributed by atoms with Gasteiger partial charge in [-0.15, -0.1) is 0 Å². The Hall–Kier alpha value is -1.77. The van der Waals surface area contributed by atoms with Crippen molar-refractivity contribution >= 4 is 10.1 Å². The standard InChI is InChI=1S/C20H24O6S/c1-14-8-10-17(11-9-14)27(22,23)26-20-15(2)25-19(21)12-18(20)24-13-16-6-4-3-5-7-16/h3-11,15,18-21H,12-13H2,1-2H3/t15-,18-,19+,20-/m0/s1. The average Bonchev–Trinajstić information content (AvgIpc) is 2.63. The lowest BCUT2D eigenvalue weighted by atomic mass is 10.0. The highest BCUT2D eigenvalue weighted by molar-refractivity contribution is 7.86. The summed E-state index contributed by atoms with van der Waals surface area (Å²) in [6.45, 7) is 3.83. The van der Waals surface area contributed by atoms with Gasteiger partial charge in [0.15, 0.2) is 6.29 Å². The third-order valence-electron chi connectivity index (χ3n) is 4.49. The molecule has 1 aliphatic rings. The number of aryl methyl sites for hydroxylation is 1. The fraction of sp³-hybridized carbons (Fsp3) is 0.400. The first-order valence-corrected chi connectivity index (χ1v) is 10.2. The molecule has 27 heavy (non-hydrogen) atoms. The second-order valence-corrected chi connectivity index (χ2v) is 8.27. The van der Waals surface area contributed by atoms with Gasteiger partial charge in [-0.05, 0) is 31.5 Å². The largest absolute Gasteiger partial charge is 0.370 e. The number of rotatable bonds is 6. The number of hydrogen-bond donors (Lipinski definition) is 1. The summed E-state index contributed by atoms with van der Waals surface area (Å²) in [5.41, 5.74) is 1.90. The van der Waals surface area contributed by atoms with Crippen LogP contribution in [0.25, 0.3) is 0 Å². The van der Waals surface area contributed by atoms with Gasteiger partial charge < -0.3 is 14.6 Å². The molecule has 0 unspecified atom stereocenters. The molecular formula is C20H24O6S. The quantitative estimate of drug-likeness (QED) is 0.762. The summed E-state index contributed by atoms with van der Waals surface area (Å²) in [6.07, 6.45) is -3.02. The second kappa shape index (κ2) is 8.50. The summed E-state index contributed by atoms with van der Waals surface area (Å²) >= 11 is 0. The fourth-order valence-electron chi connectivity index (χ4n) is 3.00. The molecule has 0 amide bonds. The van der Waals surface area contributed by atoms with Crippen LogP contribution < -0.4 is 0 Å². The maximum Gasteiger partial charge on any atom is 0.297 e. The van der Waals surface area contributed by atoms with E-state index in [0.29, 0.717) is 0 Å². The molecule has 1 aliphatic heterocycles. The van der Waals surface area contributed by atoms with E-state index in [1.165, 1.54) is 12.1 Å². The monoisotopic (exact) mass is 392 g/mol. The molecule has 0 bridgehead atoms. The molecule has 0 radical (unpaired) electrons. The Kier molecular flexibility index (Phi) is 6.29. The molecular weight excluding hydrogens is 368 g/mol. The van der Waals surface area contributed by atoms with E-state index in [9.17, 15) is 13.5 Å². The molecule has 0 spiro atoms. The first kappa shape index (κ1) is 20.0. The highest BCUT2D eigenvalue weighted by atomic mass is 32.2. The van der Waals surface area contributed by atoms with Crippen LogP contribution in [-0.4, -0.2) is 38.1 Å². The molecule has 1 heterocycles. The Morgan fingerprint density at radius 1 is 1.11 bits per heavy atom. The first-order chi connectivity index (χ1) is 12.8. The van der Waals surface area contributed by atoms with Gasteiger partial charge in [0.2, 0.25) is 0 Å². The molecule has 7 heteroatoms. The van der Waals surface area contributed by atoms with Gasteiger partial charge in [0.1, 0.15) is 6.10 Å². The maximum absolute atomic E-state index is 12.7. The van der Waals surface area contributed by atoms with E-state index in [-0.39, 0.29) is 17.9 Å². The first-order valence-electron chi connectivity index (χ1n) is 8.84. The molecule has 2 aromatic rings. The van der Waals surface area contributed by atoms with E-state index >= 15 is 0 Å². The molecule has 0 aromatic heterocycles. The van der Waals surface area contributed by atoms with Gasteiger partial charge in [0.05, 0.1) is 23.7 Å². The van der Waals surface area contributed by atoms with Crippen molar-refractivity contribution in [3.63, 3.8) is 0 Å². The van der Waals surface area contributed by atoms with Crippen molar-refractivity contribution in [1.82, 2.24) is 0 Å². The third kappa shape index (κ3) is 5.15. The number of benzene rings is 2. The van der Waals surface area contributed by atoms with Gasteiger partial charge in [0, 0.05) is 6.42 Å². The van der Waals surface area contributed by atoms with Crippen LogP contribution in [0.3, 0.4) is 0 Å². The molecule has 3 rings (SSSR count). The Bertz CT molecular complexity index is 835. The normalized spacial score (nSPS) is 26.0. The lowest BCUT2D eigenvalue weighted by Crippen LogP contribution is -2.50. The summed E-state index contributed by atoms with van der Waals surface area (Å²) < 4.78 is 42.1. The average molecular weight is 392 g/mol. The minimum Gasteiger partial charge on any atom is -0.370 e. The molecule has 6 nitrogen and oxygen atoms in total. The van der Waals surface area contributed by atoms with Crippen LogP contribution in [0.5, 0.6) is 0 Å². The maximum atomic E-state index is 12.7. The van der Waals surface area contributed by atoms with Gasteiger partial charge in [-0.2, -0.15) is 8.42 Å². The van der Waals surface area contributed by atoms with Crippen LogP contribution >= 0.6 is 0 Å². The predicted molar refractivity (Wildman–Crippen MR) is 99.4 cm³/mol. The molecule has 1 N–H and O–H groups in total. The van der Waals surface area contributed by atoms with Gasteiger partial charge >= 0.3 is 0 Å². The Labute approximate surface area is 159 Å². The van der Waals surface area contributed by atoms with E-state index in [1.807, 2.05) is 37.3 Å². The Morgan fingerprint density at radius 2 is 1.78 bits per heavy atom. The van der Waals surface area contributed by atoms with Crippen molar-refractivity contribution in [2.24, 2.45) is 0 Å². The minimum absolute atomic E-state index is 0.0771. The summed E-state index contributed by atoms with van der Waals surface area (Å²) in [5.74, 6) is 0. The molecule has 1 saturated heterocycles. The van der Waals surface area contributed by atoms with Crippen molar-refractivity contribution in [2.75, 3.05) is 0 Å². The minimum atomic E-state index is -3.98. The van der Waals surface area contributed by atoms with Crippen molar-refractivity contribution in [1.29, 1.82) is 0 Å². The van der Waals surface area contributed by atoms with E-state index in [2.05, 4.69) is 0 Å². The second-order valence-electron chi connectivity index (χ2n) is 6.69. The molecule has 0 aliphatic carbocycles. The zero-order valence-corrected chi connectivity index (χ0v) is 16.1. The van der Waals surface area contributed by atoms with Crippen molar-refractivity contribution < 1.29 is 27.2 Å². The molecule has 4 atom stereocenters. The van der Waals surface area contributed by atoms with Crippen LogP contribution in [0.2, 0.25) is 0 Å². The zero-order chi connectivity index (χ0) is 19.4. The number of aliphatic hydroxyl groups excluding tert-OH is 1. The van der Waals surface area contributed by atoms with Crippen LogP contribution in [-0.2, 0) is 30.4 Å². The number of ether oxygens (including phenoxy) is 2. The third-order valence-corrected chi connectivity index (χ3v) is 5.81. The van der Waals surface area contributed by atoms with Crippen LogP contribution in [0.15, 0.2) is 59.5 Å². The molecule has 0 saturated carbocycles. The van der Waals surface area contributed by atoms with Crippen molar-refractivity contribution in [3.05, 3.63) is 65.7 Å². The van der Waals surface area contributed by atoms with Crippen LogP contribution in [0.1, 0.15) is 24.5 Å². The summed E-state index contributed by atoms with van der Waals surface area (Å²) in [4.78, 5) is 0.0771.